The van der Waals surface area contributed by atoms with Crippen molar-refractivity contribution in [1.29, 1.82) is 0 Å². The SMILES string of the molecule is CCCc1cc(-c2noc(-c3ccccc3OCC)n2)ccn1. The van der Waals surface area contributed by atoms with E-state index in [1.54, 1.807) is 6.20 Å². The summed E-state index contributed by atoms with van der Waals surface area (Å²) in [5, 5.41) is 4.10. The molecule has 0 fully saturated rings. The third kappa shape index (κ3) is 3.39. The maximum absolute atomic E-state index is 5.62. The van der Waals surface area contributed by atoms with Crippen molar-refractivity contribution in [3.05, 3.63) is 48.3 Å². The molecule has 0 spiro atoms. The zero-order valence-corrected chi connectivity index (χ0v) is 13.3. The standard InChI is InChI=1S/C18H19N3O2/c1-3-7-14-12-13(10-11-19-14)17-20-18(23-21-17)15-8-5-6-9-16(15)22-4-2/h5-6,8-12H,3-4,7H2,1-2H3. The average molecular weight is 309 g/mol. The first kappa shape index (κ1) is 15.2. The maximum atomic E-state index is 5.62. The molecule has 5 heteroatoms. The number of hydrogen-bond acceptors (Lipinski definition) is 5. The van der Waals surface area contributed by atoms with Crippen LogP contribution in [0.3, 0.4) is 0 Å². The molecule has 0 aliphatic heterocycles. The smallest absolute Gasteiger partial charge is 0.262 e. The van der Waals surface area contributed by atoms with Crippen LogP contribution in [0.2, 0.25) is 0 Å². The van der Waals surface area contributed by atoms with Crippen molar-refractivity contribution < 1.29 is 9.26 Å². The first-order valence-corrected chi connectivity index (χ1v) is 7.83. The average Bonchev–Trinajstić information content (AvgIpc) is 3.06. The van der Waals surface area contributed by atoms with E-state index >= 15 is 0 Å². The van der Waals surface area contributed by atoms with Gasteiger partial charge in [-0.15, -0.1) is 0 Å². The largest absolute Gasteiger partial charge is 0.493 e. The second-order valence-electron chi connectivity index (χ2n) is 5.14. The van der Waals surface area contributed by atoms with Crippen molar-refractivity contribution in [2.75, 3.05) is 6.61 Å². The molecule has 3 rings (SSSR count). The molecular formula is C18H19N3O2. The molecule has 23 heavy (non-hydrogen) atoms. The zero-order chi connectivity index (χ0) is 16.1. The quantitative estimate of drug-likeness (QED) is 0.684. The van der Waals surface area contributed by atoms with Gasteiger partial charge in [-0.3, -0.25) is 4.98 Å². The second-order valence-corrected chi connectivity index (χ2v) is 5.14. The van der Waals surface area contributed by atoms with Gasteiger partial charge >= 0.3 is 0 Å². The highest BCUT2D eigenvalue weighted by molar-refractivity contribution is 5.65. The predicted molar refractivity (Wildman–Crippen MR) is 88.1 cm³/mol. The summed E-state index contributed by atoms with van der Waals surface area (Å²) in [5.41, 5.74) is 2.74. The monoisotopic (exact) mass is 309 g/mol. The molecule has 2 aromatic heterocycles. The first-order chi connectivity index (χ1) is 11.3. The van der Waals surface area contributed by atoms with Gasteiger partial charge < -0.3 is 9.26 Å². The van der Waals surface area contributed by atoms with E-state index in [0.717, 1.165) is 35.4 Å². The maximum Gasteiger partial charge on any atom is 0.262 e. The molecule has 0 saturated heterocycles. The lowest BCUT2D eigenvalue weighted by atomic mass is 10.1. The fourth-order valence-corrected chi connectivity index (χ4v) is 2.38. The normalized spacial score (nSPS) is 10.7. The van der Waals surface area contributed by atoms with Crippen molar-refractivity contribution in [2.24, 2.45) is 0 Å². The minimum atomic E-state index is 0.456. The lowest BCUT2D eigenvalue weighted by Crippen LogP contribution is -1.94. The van der Waals surface area contributed by atoms with Crippen molar-refractivity contribution in [3.63, 3.8) is 0 Å². The van der Waals surface area contributed by atoms with Gasteiger partial charge in [-0.05, 0) is 37.6 Å². The zero-order valence-electron chi connectivity index (χ0n) is 13.3. The Morgan fingerprint density at radius 1 is 1.13 bits per heavy atom. The number of ether oxygens (including phenoxy) is 1. The molecule has 0 unspecified atom stereocenters. The van der Waals surface area contributed by atoms with Crippen molar-refractivity contribution in [3.8, 4) is 28.6 Å². The Kier molecular flexibility index (Phi) is 4.66. The molecule has 0 saturated carbocycles. The van der Waals surface area contributed by atoms with Crippen LogP contribution in [0, 0.1) is 0 Å². The topological polar surface area (TPSA) is 61.0 Å². The fourth-order valence-electron chi connectivity index (χ4n) is 2.38. The number of aromatic nitrogens is 3. The van der Waals surface area contributed by atoms with Crippen LogP contribution in [0.1, 0.15) is 26.0 Å². The highest BCUT2D eigenvalue weighted by Crippen LogP contribution is 2.30. The Labute approximate surface area is 135 Å². The van der Waals surface area contributed by atoms with Crippen LogP contribution in [-0.2, 0) is 6.42 Å². The van der Waals surface area contributed by atoms with E-state index in [1.165, 1.54) is 0 Å². The van der Waals surface area contributed by atoms with Gasteiger partial charge in [0.2, 0.25) is 5.82 Å². The minimum absolute atomic E-state index is 0.456. The summed E-state index contributed by atoms with van der Waals surface area (Å²) in [7, 11) is 0. The molecule has 0 bridgehead atoms. The molecule has 3 aromatic rings. The summed E-state index contributed by atoms with van der Waals surface area (Å²) in [4.78, 5) is 8.86. The molecule has 2 heterocycles. The highest BCUT2D eigenvalue weighted by Gasteiger charge is 2.14. The van der Waals surface area contributed by atoms with Crippen molar-refractivity contribution >= 4 is 0 Å². The number of benzene rings is 1. The van der Waals surface area contributed by atoms with Gasteiger partial charge in [-0.1, -0.05) is 30.6 Å². The van der Waals surface area contributed by atoms with Gasteiger partial charge in [-0.2, -0.15) is 4.98 Å². The van der Waals surface area contributed by atoms with E-state index in [1.807, 2.05) is 43.3 Å². The van der Waals surface area contributed by atoms with Crippen molar-refractivity contribution in [2.45, 2.75) is 26.7 Å². The fraction of sp³-hybridized carbons (Fsp3) is 0.278. The molecule has 0 atom stereocenters. The summed E-state index contributed by atoms with van der Waals surface area (Å²) in [6, 6.07) is 11.6. The lowest BCUT2D eigenvalue weighted by Gasteiger charge is -2.05. The molecule has 0 radical (unpaired) electrons. The number of aryl methyl sites for hydroxylation is 1. The Morgan fingerprint density at radius 3 is 2.83 bits per heavy atom. The molecule has 118 valence electrons. The summed E-state index contributed by atoms with van der Waals surface area (Å²) in [5.74, 6) is 1.76. The van der Waals surface area contributed by atoms with Gasteiger partial charge in [0.25, 0.3) is 5.89 Å². The molecule has 5 nitrogen and oxygen atoms in total. The molecule has 0 N–H and O–H groups in total. The van der Waals surface area contributed by atoms with Gasteiger partial charge in [0, 0.05) is 17.5 Å². The minimum Gasteiger partial charge on any atom is -0.493 e. The number of rotatable bonds is 6. The van der Waals surface area contributed by atoms with Crippen LogP contribution in [0.5, 0.6) is 5.75 Å². The molecule has 0 aliphatic rings. The highest BCUT2D eigenvalue weighted by atomic mass is 16.5. The van der Waals surface area contributed by atoms with Crippen LogP contribution < -0.4 is 4.74 Å². The third-order valence-electron chi connectivity index (χ3n) is 3.42. The van der Waals surface area contributed by atoms with Gasteiger partial charge in [0.15, 0.2) is 0 Å². The van der Waals surface area contributed by atoms with Gasteiger partial charge in [0.1, 0.15) is 5.75 Å². The summed E-state index contributed by atoms with van der Waals surface area (Å²) in [6.07, 6.45) is 3.77. The molecule has 0 amide bonds. The lowest BCUT2D eigenvalue weighted by molar-refractivity contribution is 0.339. The first-order valence-electron chi connectivity index (χ1n) is 7.83. The van der Waals surface area contributed by atoms with Crippen LogP contribution in [0.4, 0.5) is 0 Å². The third-order valence-corrected chi connectivity index (χ3v) is 3.42. The number of pyridine rings is 1. The van der Waals surface area contributed by atoms with Crippen LogP contribution in [-0.4, -0.2) is 21.7 Å². The second kappa shape index (κ2) is 7.05. The summed E-state index contributed by atoms with van der Waals surface area (Å²) < 4.78 is 11.1. The molecular weight excluding hydrogens is 290 g/mol. The Balaban J connectivity index is 1.93. The Bertz CT molecular complexity index is 783. The van der Waals surface area contributed by atoms with E-state index in [0.29, 0.717) is 18.3 Å². The van der Waals surface area contributed by atoms with Gasteiger partial charge in [-0.25, -0.2) is 0 Å². The van der Waals surface area contributed by atoms with Crippen LogP contribution >= 0.6 is 0 Å². The van der Waals surface area contributed by atoms with Crippen LogP contribution in [0.25, 0.3) is 22.8 Å². The van der Waals surface area contributed by atoms with Gasteiger partial charge in [0.05, 0.1) is 12.2 Å². The van der Waals surface area contributed by atoms with Crippen molar-refractivity contribution in [1.82, 2.24) is 15.1 Å². The van der Waals surface area contributed by atoms with E-state index in [2.05, 4.69) is 22.0 Å². The van der Waals surface area contributed by atoms with E-state index in [4.69, 9.17) is 9.26 Å². The summed E-state index contributed by atoms with van der Waals surface area (Å²) >= 11 is 0. The van der Waals surface area contributed by atoms with E-state index in [9.17, 15) is 0 Å². The number of hydrogen-bond donors (Lipinski definition) is 0. The molecule has 1 aromatic carbocycles. The van der Waals surface area contributed by atoms with E-state index in [-0.39, 0.29) is 0 Å². The Morgan fingerprint density at radius 2 is 2.00 bits per heavy atom. The Hall–Kier alpha value is -2.69. The summed E-state index contributed by atoms with van der Waals surface area (Å²) in [6.45, 7) is 4.66. The number of para-hydroxylation sites is 1. The predicted octanol–water partition coefficient (Wildman–Crippen LogP) is 4.15. The van der Waals surface area contributed by atoms with Crippen LogP contribution in [0.15, 0.2) is 47.1 Å². The van der Waals surface area contributed by atoms with E-state index < -0.39 is 0 Å². The number of nitrogens with zero attached hydrogens (tertiary/aromatic N) is 3. The molecule has 0 aliphatic carbocycles.